The number of nitrogens with zero attached hydrogens (tertiary/aromatic N) is 4. The topological polar surface area (TPSA) is 149 Å². The minimum absolute atomic E-state index is 0.0261. The van der Waals surface area contributed by atoms with Gasteiger partial charge in [0, 0.05) is 10.0 Å². The van der Waals surface area contributed by atoms with Gasteiger partial charge in [0.05, 0.1) is 5.69 Å². The van der Waals surface area contributed by atoms with Crippen molar-refractivity contribution in [3.05, 3.63) is 44.9 Å². The lowest BCUT2D eigenvalue weighted by molar-refractivity contribution is 0.828. The summed E-state index contributed by atoms with van der Waals surface area (Å²) in [5.41, 5.74) is 15.0. The summed E-state index contributed by atoms with van der Waals surface area (Å²) in [6, 6.07) is 7.37. The van der Waals surface area contributed by atoms with Gasteiger partial charge in [-0.2, -0.15) is 10.5 Å². The lowest BCUT2D eigenvalue weighted by Crippen LogP contribution is -2.33. The summed E-state index contributed by atoms with van der Waals surface area (Å²) in [6.07, 6.45) is 2.62. The molecule has 0 fully saturated rings. The Morgan fingerprint density at radius 1 is 1.35 bits per heavy atom. The van der Waals surface area contributed by atoms with Crippen LogP contribution in [0.25, 0.3) is 0 Å². The molecule has 9 heteroatoms. The summed E-state index contributed by atoms with van der Waals surface area (Å²) < 4.78 is 0.886. The first-order valence-corrected chi connectivity index (χ1v) is 8.56. The second-order valence-corrected chi connectivity index (χ2v) is 6.51. The van der Waals surface area contributed by atoms with Crippen molar-refractivity contribution in [1.29, 1.82) is 10.5 Å². The van der Waals surface area contributed by atoms with Crippen LogP contribution in [0.4, 0.5) is 17.3 Å². The fourth-order valence-corrected chi connectivity index (χ4v) is 3.33. The van der Waals surface area contributed by atoms with E-state index in [-0.39, 0.29) is 23.0 Å². The third kappa shape index (κ3) is 2.89. The van der Waals surface area contributed by atoms with Gasteiger partial charge in [0.25, 0.3) is 0 Å². The molecule has 0 amide bonds. The molecule has 1 aliphatic rings. The van der Waals surface area contributed by atoms with E-state index in [2.05, 4.69) is 36.5 Å². The number of nitrogens with one attached hydrogen (secondary N) is 2. The SMILES string of the molecule is CCc1ccc(Br)cc1C1N=C(NC#N)Nc2nc(N)c(C#N)c(N)c21. The molecule has 2 aromatic rings. The Balaban J connectivity index is 2.31. The standard InChI is InChI=1S/C17H15BrN8/c1-2-8-3-4-9(18)5-10(8)14-12-13(21)11(6-19)15(22)25-16(12)26-17(24-14)23-7-20/h3-5,14H,2H2,1H3,(H6,21,22,23,24,25,26). The number of anilines is 3. The summed E-state index contributed by atoms with van der Waals surface area (Å²) in [7, 11) is 0. The number of aryl methyl sites for hydroxylation is 1. The van der Waals surface area contributed by atoms with Gasteiger partial charge in [-0.15, -0.1) is 0 Å². The molecule has 0 radical (unpaired) electrons. The number of hydrogen-bond donors (Lipinski definition) is 4. The number of rotatable bonds is 2. The van der Waals surface area contributed by atoms with E-state index < -0.39 is 6.04 Å². The van der Waals surface area contributed by atoms with Crippen LogP contribution in [0.1, 0.15) is 35.2 Å². The van der Waals surface area contributed by atoms with Crippen LogP contribution in [0, 0.1) is 22.8 Å². The highest BCUT2D eigenvalue weighted by atomic mass is 79.9. The van der Waals surface area contributed by atoms with Crippen molar-refractivity contribution in [2.45, 2.75) is 19.4 Å². The molecule has 130 valence electrons. The molecular weight excluding hydrogens is 396 g/mol. The van der Waals surface area contributed by atoms with Crippen LogP contribution < -0.4 is 22.1 Å². The zero-order valence-corrected chi connectivity index (χ0v) is 15.4. The number of benzene rings is 1. The molecule has 1 aromatic carbocycles. The van der Waals surface area contributed by atoms with Crippen molar-refractivity contribution in [2.24, 2.45) is 4.99 Å². The number of nitriles is 2. The van der Waals surface area contributed by atoms with Crippen LogP contribution >= 0.6 is 15.9 Å². The smallest absolute Gasteiger partial charge is 0.211 e. The molecule has 2 heterocycles. The Kier molecular flexibility index (Phi) is 4.65. The van der Waals surface area contributed by atoms with E-state index in [1.807, 2.05) is 37.4 Å². The van der Waals surface area contributed by atoms with Gasteiger partial charge in [-0.3, -0.25) is 5.32 Å². The number of pyridine rings is 1. The van der Waals surface area contributed by atoms with E-state index in [1.54, 1.807) is 0 Å². The lowest BCUT2D eigenvalue weighted by Gasteiger charge is -2.27. The second kappa shape index (κ2) is 6.90. The molecule has 26 heavy (non-hydrogen) atoms. The van der Waals surface area contributed by atoms with Gasteiger partial charge in [0.15, 0.2) is 6.19 Å². The molecule has 0 saturated carbocycles. The van der Waals surface area contributed by atoms with Gasteiger partial charge in [-0.25, -0.2) is 9.98 Å². The summed E-state index contributed by atoms with van der Waals surface area (Å²) in [5, 5.41) is 23.7. The van der Waals surface area contributed by atoms with Crippen LogP contribution in [0.3, 0.4) is 0 Å². The quantitative estimate of drug-likeness (QED) is 0.438. The van der Waals surface area contributed by atoms with E-state index in [0.29, 0.717) is 11.4 Å². The maximum absolute atomic E-state index is 9.37. The van der Waals surface area contributed by atoms with Crippen LogP contribution in [-0.2, 0) is 6.42 Å². The lowest BCUT2D eigenvalue weighted by atomic mass is 9.91. The third-order valence-electron chi connectivity index (χ3n) is 4.14. The van der Waals surface area contributed by atoms with Crippen molar-refractivity contribution in [3.63, 3.8) is 0 Å². The summed E-state index contributed by atoms with van der Waals surface area (Å²) in [4.78, 5) is 8.83. The molecule has 8 nitrogen and oxygen atoms in total. The highest BCUT2D eigenvalue weighted by Gasteiger charge is 2.30. The van der Waals surface area contributed by atoms with Gasteiger partial charge >= 0.3 is 0 Å². The van der Waals surface area contributed by atoms with Crippen LogP contribution in [0.2, 0.25) is 0 Å². The molecule has 0 spiro atoms. The van der Waals surface area contributed by atoms with Crippen molar-refractivity contribution < 1.29 is 0 Å². The van der Waals surface area contributed by atoms with Gasteiger partial charge < -0.3 is 16.8 Å². The molecule has 0 saturated heterocycles. The van der Waals surface area contributed by atoms with Crippen LogP contribution in [-0.4, -0.2) is 10.9 Å². The average Bonchev–Trinajstić information content (AvgIpc) is 2.61. The number of fused-ring (bicyclic) bond motifs is 1. The Morgan fingerprint density at radius 3 is 2.77 bits per heavy atom. The van der Waals surface area contributed by atoms with Crippen molar-refractivity contribution in [1.82, 2.24) is 10.3 Å². The summed E-state index contributed by atoms with van der Waals surface area (Å²) in [5.74, 6) is 0.639. The minimum Gasteiger partial charge on any atom is -0.397 e. The second-order valence-electron chi connectivity index (χ2n) is 5.60. The van der Waals surface area contributed by atoms with Gasteiger partial charge in [0.1, 0.15) is 29.3 Å². The van der Waals surface area contributed by atoms with Crippen molar-refractivity contribution >= 4 is 39.2 Å². The molecule has 1 aromatic heterocycles. The molecule has 6 N–H and O–H groups in total. The van der Waals surface area contributed by atoms with E-state index >= 15 is 0 Å². The highest BCUT2D eigenvalue weighted by Crippen LogP contribution is 2.42. The van der Waals surface area contributed by atoms with Crippen molar-refractivity contribution in [3.8, 4) is 12.3 Å². The summed E-state index contributed by atoms with van der Waals surface area (Å²) >= 11 is 3.48. The van der Waals surface area contributed by atoms with Crippen LogP contribution in [0.15, 0.2) is 27.7 Å². The largest absolute Gasteiger partial charge is 0.397 e. The van der Waals surface area contributed by atoms with Gasteiger partial charge in [-0.1, -0.05) is 28.9 Å². The molecule has 1 unspecified atom stereocenters. The Labute approximate surface area is 158 Å². The monoisotopic (exact) mass is 410 g/mol. The Hall–Kier alpha value is -3.30. The van der Waals surface area contributed by atoms with E-state index in [0.717, 1.165) is 22.0 Å². The van der Waals surface area contributed by atoms with Crippen LogP contribution in [0.5, 0.6) is 0 Å². The third-order valence-corrected chi connectivity index (χ3v) is 4.63. The minimum atomic E-state index is -0.533. The number of hydrogen-bond acceptors (Lipinski definition) is 8. The predicted molar refractivity (Wildman–Crippen MR) is 103 cm³/mol. The number of halogens is 1. The van der Waals surface area contributed by atoms with Crippen molar-refractivity contribution in [2.75, 3.05) is 16.8 Å². The number of aliphatic imine (C=N–C) groups is 1. The fourth-order valence-electron chi connectivity index (χ4n) is 2.95. The number of aromatic nitrogens is 1. The normalized spacial score (nSPS) is 15.1. The molecule has 0 aliphatic carbocycles. The number of guanidine groups is 1. The number of nitrogens with two attached hydrogens (primary N) is 2. The van der Waals surface area contributed by atoms with E-state index in [1.165, 1.54) is 0 Å². The molecule has 1 aliphatic heterocycles. The maximum atomic E-state index is 9.37. The Morgan fingerprint density at radius 2 is 2.12 bits per heavy atom. The molecule has 1 atom stereocenters. The van der Waals surface area contributed by atoms with Gasteiger partial charge in [0.2, 0.25) is 5.96 Å². The van der Waals surface area contributed by atoms with E-state index in [4.69, 9.17) is 16.7 Å². The van der Waals surface area contributed by atoms with E-state index in [9.17, 15) is 5.26 Å². The molecular formula is C17H15BrN8. The molecule has 0 bridgehead atoms. The number of nitrogen functional groups attached to an aromatic ring is 2. The predicted octanol–water partition coefficient (Wildman–Crippen LogP) is 2.38. The van der Waals surface area contributed by atoms with Gasteiger partial charge in [-0.05, 0) is 29.7 Å². The maximum Gasteiger partial charge on any atom is 0.211 e. The fraction of sp³-hybridized carbons (Fsp3) is 0.176. The first-order valence-electron chi connectivity index (χ1n) is 7.77. The zero-order chi connectivity index (χ0) is 18.8. The zero-order valence-electron chi connectivity index (χ0n) is 13.8. The highest BCUT2D eigenvalue weighted by molar-refractivity contribution is 9.10. The molecule has 3 rings (SSSR count). The first-order chi connectivity index (χ1) is 12.5. The summed E-state index contributed by atoms with van der Waals surface area (Å²) in [6.45, 7) is 2.04. The first kappa shape index (κ1) is 17.5. The average molecular weight is 411 g/mol. The Bertz CT molecular complexity index is 999.